The van der Waals surface area contributed by atoms with E-state index in [9.17, 15) is 9.59 Å². The Labute approximate surface area is 186 Å². The van der Waals surface area contributed by atoms with Gasteiger partial charge < -0.3 is 28.5 Å². The third-order valence-corrected chi connectivity index (χ3v) is 5.02. The molecule has 0 aliphatic carbocycles. The van der Waals surface area contributed by atoms with Gasteiger partial charge in [0.05, 0.1) is 24.1 Å². The number of H-pyrrole nitrogens is 1. The Morgan fingerprint density at radius 2 is 1.91 bits per heavy atom. The second kappa shape index (κ2) is 8.01. The number of benzene rings is 2. The Hall–Kier alpha value is -4.28. The number of hydrogen-bond donors (Lipinski definition) is 1. The lowest BCUT2D eigenvalue weighted by Gasteiger charge is -2.13. The number of nitrogens with zero attached hydrogens (tertiary/aromatic N) is 3. The van der Waals surface area contributed by atoms with Crippen molar-refractivity contribution in [1.29, 1.82) is 0 Å². The second-order valence-corrected chi connectivity index (χ2v) is 7.62. The first-order chi connectivity index (χ1) is 15.9. The Kier molecular flexibility index (Phi) is 5.00. The minimum atomic E-state index is -0.608. The standard InChI is InChI=1S/C22H20N4O7/c1-11(2)32-15-5-4-12(6-16(15)29-3)20-24-19(33-25-20)9-26-21(27)13-7-17-18(31-10-30-17)8-14(13)23-22(26)28/h4-8,11H,9-10H2,1-3H3,(H,23,28). The minimum absolute atomic E-state index is 0.0139. The molecule has 2 aromatic carbocycles. The first-order valence-electron chi connectivity index (χ1n) is 10.2. The van der Waals surface area contributed by atoms with Crippen LogP contribution in [0, 0.1) is 0 Å². The number of ether oxygens (including phenoxy) is 4. The van der Waals surface area contributed by atoms with Gasteiger partial charge in [0, 0.05) is 11.6 Å². The summed E-state index contributed by atoms with van der Waals surface area (Å²) in [6, 6.07) is 8.36. The van der Waals surface area contributed by atoms with Gasteiger partial charge >= 0.3 is 5.69 Å². The molecule has 170 valence electrons. The number of rotatable bonds is 6. The van der Waals surface area contributed by atoms with E-state index in [4.69, 9.17) is 23.5 Å². The summed E-state index contributed by atoms with van der Waals surface area (Å²) in [7, 11) is 1.54. The molecule has 0 spiro atoms. The molecule has 0 radical (unpaired) electrons. The molecule has 1 N–H and O–H groups in total. The Morgan fingerprint density at radius 3 is 2.67 bits per heavy atom. The molecule has 0 saturated carbocycles. The van der Waals surface area contributed by atoms with Gasteiger partial charge in [-0.2, -0.15) is 4.98 Å². The van der Waals surface area contributed by atoms with Gasteiger partial charge in [0.25, 0.3) is 5.56 Å². The van der Waals surface area contributed by atoms with Gasteiger partial charge in [-0.05, 0) is 38.1 Å². The van der Waals surface area contributed by atoms with Gasteiger partial charge in [-0.3, -0.25) is 9.36 Å². The molecular formula is C22H20N4O7. The van der Waals surface area contributed by atoms with Crippen molar-refractivity contribution < 1.29 is 23.5 Å². The van der Waals surface area contributed by atoms with Crippen LogP contribution in [0.1, 0.15) is 19.7 Å². The average molecular weight is 452 g/mol. The van der Waals surface area contributed by atoms with Crippen molar-refractivity contribution >= 4 is 10.9 Å². The molecule has 3 heterocycles. The zero-order valence-electron chi connectivity index (χ0n) is 18.1. The molecule has 1 aliphatic heterocycles. The summed E-state index contributed by atoms with van der Waals surface area (Å²) in [6.07, 6.45) is -0.0139. The molecule has 0 atom stereocenters. The lowest BCUT2D eigenvalue weighted by molar-refractivity contribution is 0.174. The van der Waals surface area contributed by atoms with Gasteiger partial charge in [-0.15, -0.1) is 0 Å². The molecule has 0 unspecified atom stereocenters. The summed E-state index contributed by atoms with van der Waals surface area (Å²) in [5.41, 5.74) is -0.135. The van der Waals surface area contributed by atoms with Gasteiger partial charge in [0.15, 0.2) is 23.0 Å². The van der Waals surface area contributed by atoms with Crippen LogP contribution in [-0.2, 0) is 6.54 Å². The van der Waals surface area contributed by atoms with Crippen LogP contribution in [0.4, 0.5) is 0 Å². The Bertz CT molecular complexity index is 1470. The number of methoxy groups -OCH3 is 1. The lowest BCUT2D eigenvalue weighted by atomic mass is 10.2. The van der Waals surface area contributed by atoms with Gasteiger partial charge in [-0.1, -0.05) is 5.16 Å². The average Bonchev–Trinajstić information content (AvgIpc) is 3.44. The largest absolute Gasteiger partial charge is 0.493 e. The molecule has 33 heavy (non-hydrogen) atoms. The van der Waals surface area contributed by atoms with Crippen LogP contribution >= 0.6 is 0 Å². The van der Waals surface area contributed by atoms with Gasteiger partial charge in [0.2, 0.25) is 18.5 Å². The normalized spacial score (nSPS) is 12.5. The summed E-state index contributed by atoms with van der Waals surface area (Å²) in [5.74, 6) is 2.41. The van der Waals surface area contributed by atoms with E-state index in [1.54, 1.807) is 37.4 Å². The van der Waals surface area contributed by atoms with E-state index in [1.165, 1.54) is 0 Å². The number of aromatic amines is 1. The Balaban J connectivity index is 1.46. The van der Waals surface area contributed by atoms with Crippen LogP contribution in [0.3, 0.4) is 0 Å². The third kappa shape index (κ3) is 3.77. The van der Waals surface area contributed by atoms with E-state index in [2.05, 4.69) is 15.1 Å². The lowest BCUT2D eigenvalue weighted by Crippen LogP contribution is -2.35. The number of fused-ring (bicyclic) bond motifs is 2. The highest BCUT2D eigenvalue weighted by Gasteiger charge is 2.19. The fraction of sp³-hybridized carbons (Fsp3) is 0.273. The predicted molar refractivity (Wildman–Crippen MR) is 116 cm³/mol. The van der Waals surface area contributed by atoms with Crippen LogP contribution in [0.15, 0.2) is 44.4 Å². The van der Waals surface area contributed by atoms with E-state index in [0.717, 1.165) is 4.57 Å². The summed E-state index contributed by atoms with van der Waals surface area (Å²) < 4.78 is 28.0. The second-order valence-electron chi connectivity index (χ2n) is 7.62. The highest BCUT2D eigenvalue weighted by atomic mass is 16.7. The summed E-state index contributed by atoms with van der Waals surface area (Å²) in [5, 5.41) is 4.25. The van der Waals surface area contributed by atoms with Crippen molar-refractivity contribution in [2.75, 3.05) is 13.9 Å². The summed E-state index contributed by atoms with van der Waals surface area (Å²) in [4.78, 5) is 32.5. The monoisotopic (exact) mass is 452 g/mol. The predicted octanol–water partition coefficient (Wildman–Crippen LogP) is 2.31. The maximum Gasteiger partial charge on any atom is 0.329 e. The molecule has 5 rings (SSSR count). The fourth-order valence-electron chi connectivity index (χ4n) is 3.52. The molecule has 1 aliphatic rings. The topological polar surface area (TPSA) is 131 Å². The molecule has 11 heteroatoms. The van der Waals surface area contributed by atoms with Crippen LogP contribution in [0.5, 0.6) is 23.0 Å². The van der Waals surface area contributed by atoms with Gasteiger partial charge in [-0.25, -0.2) is 4.79 Å². The number of aromatic nitrogens is 4. The highest BCUT2D eigenvalue weighted by molar-refractivity contribution is 5.81. The quantitative estimate of drug-likeness (QED) is 0.468. The van der Waals surface area contributed by atoms with E-state index < -0.39 is 11.2 Å². The fourth-order valence-corrected chi connectivity index (χ4v) is 3.52. The number of nitrogens with one attached hydrogen (secondary N) is 1. The van der Waals surface area contributed by atoms with E-state index >= 15 is 0 Å². The van der Waals surface area contributed by atoms with Crippen molar-refractivity contribution in [1.82, 2.24) is 19.7 Å². The molecule has 0 amide bonds. The molecule has 0 bridgehead atoms. The third-order valence-electron chi connectivity index (χ3n) is 5.02. The minimum Gasteiger partial charge on any atom is -0.493 e. The van der Waals surface area contributed by atoms with Crippen LogP contribution in [-0.4, -0.2) is 39.7 Å². The van der Waals surface area contributed by atoms with Crippen molar-refractivity contribution in [3.05, 3.63) is 57.1 Å². The highest BCUT2D eigenvalue weighted by Crippen LogP contribution is 2.34. The van der Waals surface area contributed by atoms with Crippen molar-refractivity contribution in [3.63, 3.8) is 0 Å². The number of hydrogen-bond acceptors (Lipinski definition) is 9. The SMILES string of the molecule is COc1cc(-c2noc(Cn3c(=O)[nH]c4cc5c(cc4c3=O)OCO5)n2)ccc1OC(C)C. The van der Waals surface area contributed by atoms with Crippen molar-refractivity contribution in [2.24, 2.45) is 0 Å². The molecule has 0 fully saturated rings. The van der Waals surface area contributed by atoms with E-state index in [-0.39, 0.29) is 36.5 Å². The first kappa shape index (κ1) is 20.6. The van der Waals surface area contributed by atoms with Crippen LogP contribution < -0.4 is 30.2 Å². The molecule has 4 aromatic rings. The molecule has 2 aromatic heterocycles. The maximum atomic E-state index is 13.0. The van der Waals surface area contributed by atoms with Crippen LogP contribution in [0.25, 0.3) is 22.3 Å². The summed E-state index contributed by atoms with van der Waals surface area (Å²) in [6.45, 7) is 3.70. The van der Waals surface area contributed by atoms with E-state index in [0.29, 0.717) is 34.1 Å². The molecule has 11 nitrogen and oxygen atoms in total. The zero-order chi connectivity index (χ0) is 23.1. The summed E-state index contributed by atoms with van der Waals surface area (Å²) >= 11 is 0. The van der Waals surface area contributed by atoms with Crippen molar-refractivity contribution in [2.45, 2.75) is 26.5 Å². The molecule has 0 saturated heterocycles. The molecular weight excluding hydrogens is 432 g/mol. The zero-order valence-corrected chi connectivity index (χ0v) is 18.1. The smallest absolute Gasteiger partial charge is 0.329 e. The van der Waals surface area contributed by atoms with E-state index in [1.807, 2.05) is 13.8 Å². The first-order valence-corrected chi connectivity index (χ1v) is 10.2. The van der Waals surface area contributed by atoms with Gasteiger partial charge in [0.1, 0.15) is 6.54 Å². The maximum absolute atomic E-state index is 13.0. The Morgan fingerprint density at radius 1 is 1.12 bits per heavy atom. The van der Waals surface area contributed by atoms with Crippen molar-refractivity contribution in [3.8, 4) is 34.4 Å². The van der Waals surface area contributed by atoms with Crippen LogP contribution in [0.2, 0.25) is 0 Å².